The summed E-state index contributed by atoms with van der Waals surface area (Å²) in [6.45, 7) is 3.88. The number of nitrogens with one attached hydrogen (secondary N) is 2. The summed E-state index contributed by atoms with van der Waals surface area (Å²) in [4.78, 5) is 18.4. The fourth-order valence-corrected chi connectivity index (χ4v) is 5.27. The van der Waals surface area contributed by atoms with E-state index < -0.39 is 0 Å². The normalized spacial score (nSPS) is 16.9. The Morgan fingerprint density at radius 3 is 2.73 bits per heavy atom. The minimum atomic E-state index is 0.316. The molecule has 1 fully saturated rings. The highest BCUT2D eigenvalue weighted by Gasteiger charge is 2.18. The number of hydrogen-bond acceptors (Lipinski definition) is 9. The van der Waals surface area contributed by atoms with Crippen LogP contribution in [-0.4, -0.2) is 40.1 Å². The number of rotatable bonds is 5. The molecular weight excluding hydrogens is 416 g/mol. The van der Waals surface area contributed by atoms with Gasteiger partial charge in [0, 0.05) is 41.7 Å². The molecule has 9 heteroatoms. The molecule has 5 rings (SSSR count). The van der Waals surface area contributed by atoms with Gasteiger partial charge in [0.05, 0.1) is 0 Å². The van der Waals surface area contributed by atoms with Crippen LogP contribution >= 0.6 is 22.7 Å². The number of nitrogens with zero attached hydrogens (tertiary/aromatic N) is 4. The van der Waals surface area contributed by atoms with Crippen LogP contribution in [0.4, 0.5) is 5.13 Å². The summed E-state index contributed by atoms with van der Waals surface area (Å²) in [5.41, 5.74) is 3.91. The maximum atomic E-state index is 6.03. The summed E-state index contributed by atoms with van der Waals surface area (Å²) in [6, 6.07) is 2.03. The van der Waals surface area contributed by atoms with E-state index in [-0.39, 0.29) is 0 Å². The lowest BCUT2D eigenvalue weighted by Gasteiger charge is -2.14. The van der Waals surface area contributed by atoms with Gasteiger partial charge in [-0.3, -0.25) is 4.99 Å². The lowest BCUT2D eigenvalue weighted by molar-refractivity contribution is 0.201. The SMILES string of the molecule is Cc1cc(OC2CCCC2)ncc1-c1nc(-c2csc(NC3=NCCCN3)n2)cs1. The van der Waals surface area contributed by atoms with Crippen molar-refractivity contribution in [2.75, 3.05) is 18.4 Å². The molecular formula is C21H24N6OS2. The lowest BCUT2D eigenvalue weighted by atomic mass is 10.1. The van der Waals surface area contributed by atoms with Gasteiger partial charge >= 0.3 is 0 Å². The maximum Gasteiger partial charge on any atom is 0.213 e. The molecule has 0 radical (unpaired) electrons. The standard InChI is InChI=1S/C21H24N6OS2/c1-13-9-18(28-14-5-2-3-6-14)24-10-15(13)19-25-16(11-29-19)17-12-30-21(26-17)27-20-22-7-4-8-23-20/h9-12,14H,2-8H2,1H3,(H2,22,23,26,27). The Morgan fingerprint density at radius 2 is 1.93 bits per heavy atom. The average molecular weight is 441 g/mol. The predicted octanol–water partition coefficient (Wildman–Crippen LogP) is 4.72. The van der Waals surface area contributed by atoms with E-state index in [9.17, 15) is 0 Å². The molecule has 1 saturated carbocycles. The van der Waals surface area contributed by atoms with Crippen LogP contribution in [0.2, 0.25) is 0 Å². The summed E-state index contributed by atoms with van der Waals surface area (Å²) in [5, 5.41) is 12.3. The third-order valence-corrected chi connectivity index (χ3v) is 6.93. The first kappa shape index (κ1) is 19.4. The van der Waals surface area contributed by atoms with Gasteiger partial charge < -0.3 is 15.4 Å². The Bertz CT molecular complexity index is 1050. The number of guanidine groups is 1. The van der Waals surface area contributed by atoms with Gasteiger partial charge in [0.25, 0.3) is 0 Å². The summed E-state index contributed by atoms with van der Waals surface area (Å²) in [6.07, 6.45) is 8.03. The highest BCUT2D eigenvalue weighted by Crippen LogP contribution is 2.33. The van der Waals surface area contributed by atoms with Crippen LogP contribution < -0.4 is 15.4 Å². The second kappa shape index (κ2) is 8.69. The molecule has 7 nitrogen and oxygen atoms in total. The van der Waals surface area contributed by atoms with Gasteiger partial charge in [-0.2, -0.15) is 0 Å². The summed E-state index contributed by atoms with van der Waals surface area (Å²) >= 11 is 3.17. The first-order chi connectivity index (χ1) is 14.7. The zero-order valence-electron chi connectivity index (χ0n) is 16.9. The van der Waals surface area contributed by atoms with E-state index in [2.05, 4.69) is 32.5 Å². The van der Waals surface area contributed by atoms with Crippen molar-refractivity contribution in [3.8, 4) is 27.8 Å². The van der Waals surface area contributed by atoms with Crippen LogP contribution in [0.25, 0.3) is 22.0 Å². The Morgan fingerprint density at radius 1 is 1.10 bits per heavy atom. The average Bonchev–Trinajstić information content (AvgIpc) is 3.51. The molecule has 4 heterocycles. The van der Waals surface area contributed by atoms with Crippen molar-refractivity contribution in [1.29, 1.82) is 0 Å². The van der Waals surface area contributed by atoms with Crippen LogP contribution in [0, 0.1) is 6.92 Å². The minimum Gasteiger partial charge on any atom is -0.474 e. The monoisotopic (exact) mass is 440 g/mol. The van der Waals surface area contributed by atoms with Gasteiger partial charge in [-0.15, -0.1) is 22.7 Å². The van der Waals surface area contributed by atoms with Gasteiger partial charge in [-0.1, -0.05) is 0 Å². The van der Waals surface area contributed by atoms with E-state index in [1.54, 1.807) is 22.7 Å². The second-order valence-corrected chi connectivity index (χ2v) is 9.29. The molecule has 3 aromatic heterocycles. The Hall–Kier alpha value is -2.52. The molecule has 1 aliphatic carbocycles. The van der Waals surface area contributed by atoms with E-state index in [0.717, 1.165) is 76.8 Å². The zero-order chi connectivity index (χ0) is 20.3. The van der Waals surface area contributed by atoms with Crippen molar-refractivity contribution in [3.05, 3.63) is 28.6 Å². The molecule has 0 atom stereocenters. The molecule has 0 saturated heterocycles. The molecule has 156 valence electrons. The van der Waals surface area contributed by atoms with Gasteiger partial charge in [0.1, 0.15) is 22.5 Å². The number of anilines is 1. The number of aromatic nitrogens is 3. The fourth-order valence-electron chi connectivity index (χ4n) is 3.68. The lowest BCUT2D eigenvalue weighted by Crippen LogP contribution is -2.35. The molecule has 3 aromatic rings. The van der Waals surface area contributed by atoms with Crippen LogP contribution in [0.1, 0.15) is 37.7 Å². The second-order valence-electron chi connectivity index (χ2n) is 7.57. The fraction of sp³-hybridized carbons (Fsp3) is 0.429. The highest BCUT2D eigenvalue weighted by molar-refractivity contribution is 7.14. The Kier molecular flexibility index (Phi) is 5.63. The third kappa shape index (κ3) is 4.32. The van der Waals surface area contributed by atoms with Crippen LogP contribution in [0.15, 0.2) is 28.0 Å². The smallest absolute Gasteiger partial charge is 0.213 e. The topological polar surface area (TPSA) is 84.3 Å². The van der Waals surface area contributed by atoms with Crippen molar-refractivity contribution < 1.29 is 4.74 Å². The molecule has 2 N–H and O–H groups in total. The molecule has 2 aliphatic rings. The van der Waals surface area contributed by atoms with Crippen molar-refractivity contribution in [1.82, 2.24) is 20.3 Å². The van der Waals surface area contributed by atoms with Crippen molar-refractivity contribution in [2.24, 2.45) is 4.99 Å². The van der Waals surface area contributed by atoms with Crippen LogP contribution in [0.5, 0.6) is 5.88 Å². The van der Waals surface area contributed by atoms with Crippen molar-refractivity contribution in [3.63, 3.8) is 0 Å². The largest absolute Gasteiger partial charge is 0.474 e. The van der Waals surface area contributed by atoms with Crippen LogP contribution in [-0.2, 0) is 0 Å². The third-order valence-electron chi connectivity index (χ3n) is 5.30. The van der Waals surface area contributed by atoms with Gasteiger partial charge in [-0.05, 0) is 44.6 Å². The number of aryl methyl sites for hydroxylation is 1. The predicted molar refractivity (Wildman–Crippen MR) is 123 cm³/mol. The first-order valence-electron chi connectivity index (χ1n) is 10.3. The summed E-state index contributed by atoms with van der Waals surface area (Å²) < 4.78 is 6.03. The Labute approximate surface area is 183 Å². The number of thiazole rings is 2. The van der Waals surface area contributed by atoms with Gasteiger partial charge in [0.15, 0.2) is 11.1 Å². The Balaban J connectivity index is 1.30. The molecule has 0 spiro atoms. The number of aliphatic imine (C=N–C) groups is 1. The van der Waals surface area contributed by atoms with E-state index >= 15 is 0 Å². The summed E-state index contributed by atoms with van der Waals surface area (Å²) in [7, 11) is 0. The van der Waals surface area contributed by atoms with Crippen LogP contribution in [0.3, 0.4) is 0 Å². The van der Waals surface area contributed by atoms with Crippen molar-refractivity contribution >= 4 is 33.8 Å². The van der Waals surface area contributed by atoms with E-state index in [1.807, 2.05) is 23.0 Å². The molecule has 0 aromatic carbocycles. The molecule has 0 unspecified atom stereocenters. The van der Waals surface area contributed by atoms with E-state index in [4.69, 9.17) is 9.72 Å². The number of pyridine rings is 1. The molecule has 1 aliphatic heterocycles. The maximum absolute atomic E-state index is 6.03. The van der Waals surface area contributed by atoms with Gasteiger partial charge in [-0.25, -0.2) is 15.0 Å². The number of ether oxygens (including phenoxy) is 1. The number of hydrogen-bond donors (Lipinski definition) is 2. The van der Waals surface area contributed by atoms with E-state index in [0.29, 0.717) is 6.10 Å². The quantitative estimate of drug-likeness (QED) is 0.597. The van der Waals surface area contributed by atoms with Crippen molar-refractivity contribution in [2.45, 2.75) is 45.1 Å². The molecule has 30 heavy (non-hydrogen) atoms. The first-order valence-corrected chi connectivity index (χ1v) is 12.1. The molecule has 0 amide bonds. The summed E-state index contributed by atoms with van der Waals surface area (Å²) in [5.74, 6) is 1.51. The van der Waals surface area contributed by atoms with E-state index in [1.165, 1.54) is 12.8 Å². The van der Waals surface area contributed by atoms with Gasteiger partial charge in [0.2, 0.25) is 5.88 Å². The molecule has 0 bridgehead atoms. The zero-order valence-corrected chi connectivity index (χ0v) is 18.5. The minimum absolute atomic E-state index is 0.316. The highest BCUT2D eigenvalue weighted by atomic mass is 32.1.